The summed E-state index contributed by atoms with van der Waals surface area (Å²) in [5.41, 5.74) is 1.68. The first kappa shape index (κ1) is 22.1. The Morgan fingerprint density at radius 3 is 2.52 bits per heavy atom. The molecule has 1 aromatic carbocycles. The zero-order chi connectivity index (χ0) is 21.8. The van der Waals surface area contributed by atoms with E-state index in [0.717, 1.165) is 26.2 Å². The summed E-state index contributed by atoms with van der Waals surface area (Å²) < 4.78 is 5.07. The zero-order valence-corrected chi connectivity index (χ0v) is 18.8. The molecule has 1 saturated carbocycles. The van der Waals surface area contributed by atoms with Gasteiger partial charge in [-0.2, -0.15) is 0 Å². The number of benzene rings is 1. The van der Waals surface area contributed by atoms with Gasteiger partial charge >= 0.3 is 12.0 Å². The summed E-state index contributed by atoms with van der Waals surface area (Å²) in [6.45, 7) is 4.36. The number of piperazine rings is 1. The molecule has 1 aliphatic carbocycles. The average Bonchev–Trinajstić information content (AvgIpc) is 2.80. The Labute approximate surface area is 188 Å². The van der Waals surface area contributed by atoms with Crippen LogP contribution in [0.4, 0.5) is 4.79 Å². The summed E-state index contributed by atoms with van der Waals surface area (Å²) in [6.07, 6.45) is 6.64. The van der Waals surface area contributed by atoms with Crippen LogP contribution in [0.1, 0.15) is 43.7 Å². The fourth-order valence-corrected chi connectivity index (χ4v) is 5.24. The molecule has 1 aromatic rings. The van der Waals surface area contributed by atoms with Crippen LogP contribution >= 0.6 is 11.6 Å². The van der Waals surface area contributed by atoms with Crippen LogP contribution in [0, 0.1) is 0 Å². The molecule has 2 fully saturated rings. The van der Waals surface area contributed by atoms with E-state index in [2.05, 4.69) is 20.4 Å². The van der Waals surface area contributed by atoms with E-state index in [1.165, 1.54) is 39.2 Å². The highest BCUT2D eigenvalue weighted by Crippen LogP contribution is 2.32. The minimum absolute atomic E-state index is 0.339. The molecule has 2 N–H and O–H groups in total. The maximum atomic E-state index is 12.7. The van der Waals surface area contributed by atoms with E-state index in [9.17, 15) is 9.59 Å². The predicted octanol–water partition coefficient (Wildman–Crippen LogP) is 3.07. The van der Waals surface area contributed by atoms with Crippen LogP contribution in [-0.2, 0) is 9.53 Å². The Kier molecular flexibility index (Phi) is 7.15. The molecule has 0 unspecified atom stereocenters. The maximum Gasteiger partial charge on any atom is 0.338 e. The molecule has 0 spiro atoms. The lowest BCUT2D eigenvalue weighted by molar-refractivity contribution is -0.136. The van der Waals surface area contributed by atoms with E-state index in [1.54, 1.807) is 6.07 Å². The van der Waals surface area contributed by atoms with Crippen LogP contribution in [0.15, 0.2) is 35.5 Å². The Morgan fingerprint density at radius 2 is 1.84 bits per heavy atom. The number of esters is 1. The van der Waals surface area contributed by atoms with E-state index in [0.29, 0.717) is 34.4 Å². The summed E-state index contributed by atoms with van der Waals surface area (Å²) in [5, 5.41) is 6.19. The van der Waals surface area contributed by atoms with Crippen molar-refractivity contribution in [1.82, 2.24) is 20.4 Å². The highest BCUT2D eigenvalue weighted by Gasteiger charge is 2.35. The number of amides is 2. The topological polar surface area (TPSA) is 73.9 Å². The molecule has 0 aromatic heterocycles. The van der Waals surface area contributed by atoms with Crippen LogP contribution in [0.25, 0.3) is 0 Å². The molecule has 168 valence electrons. The first-order valence-electron chi connectivity index (χ1n) is 11.2. The second-order valence-electron chi connectivity index (χ2n) is 8.54. The molecule has 2 amide bonds. The van der Waals surface area contributed by atoms with Gasteiger partial charge in [-0.1, -0.05) is 49.1 Å². The number of urea groups is 1. The van der Waals surface area contributed by atoms with Crippen LogP contribution in [-0.4, -0.2) is 67.7 Å². The Hall–Kier alpha value is -2.09. The molecule has 8 heteroatoms. The summed E-state index contributed by atoms with van der Waals surface area (Å²) >= 11 is 6.39. The minimum Gasteiger partial charge on any atom is -0.466 e. The Morgan fingerprint density at radius 1 is 1.13 bits per heavy atom. The summed E-state index contributed by atoms with van der Waals surface area (Å²) in [6, 6.07) is 6.97. The van der Waals surface area contributed by atoms with Gasteiger partial charge in [0.25, 0.3) is 0 Å². The molecular weight excluding hydrogens is 416 g/mol. The van der Waals surface area contributed by atoms with Crippen LogP contribution in [0.2, 0.25) is 5.02 Å². The number of carbonyl (C=O) groups is 2. The fourth-order valence-electron chi connectivity index (χ4n) is 4.99. The zero-order valence-electron chi connectivity index (χ0n) is 18.0. The van der Waals surface area contributed by atoms with Gasteiger partial charge in [0.1, 0.15) is 0 Å². The van der Waals surface area contributed by atoms with Gasteiger partial charge in [0.2, 0.25) is 0 Å². The van der Waals surface area contributed by atoms with Gasteiger partial charge in [0, 0.05) is 49.5 Å². The molecule has 3 aliphatic rings. The second-order valence-corrected chi connectivity index (χ2v) is 8.95. The van der Waals surface area contributed by atoms with Crippen molar-refractivity contribution in [3.63, 3.8) is 0 Å². The molecule has 4 rings (SSSR count). The second kappa shape index (κ2) is 10.0. The number of nitrogens with one attached hydrogen (secondary N) is 2. The van der Waals surface area contributed by atoms with Gasteiger partial charge in [0.15, 0.2) is 0 Å². The van der Waals surface area contributed by atoms with Crippen molar-refractivity contribution in [3.8, 4) is 0 Å². The van der Waals surface area contributed by atoms with Crippen LogP contribution in [0.5, 0.6) is 0 Å². The molecular formula is C23H31ClN4O3. The average molecular weight is 447 g/mol. The van der Waals surface area contributed by atoms with Crippen molar-refractivity contribution in [2.75, 3.05) is 39.8 Å². The predicted molar refractivity (Wildman–Crippen MR) is 120 cm³/mol. The number of ether oxygens (including phenoxy) is 1. The third-order valence-electron chi connectivity index (χ3n) is 6.65. The molecule has 0 bridgehead atoms. The lowest BCUT2D eigenvalue weighted by Gasteiger charge is -2.41. The summed E-state index contributed by atoms with van der Waals surface area (Å²) in [4.78, 5) is 30.1. The van der Waals surface area contributed by atoms with Crippen LogP contribution < -0.4 is 10.6 Å². The number of nitrogens with zero attached hydrogens (tertiary/aromatic N) is 2. The van der Waals surface area contributed by atoms with E-state index < -0.39 is 12.0 Å². The van der Waals surface area contributed by atoms with Crippen molar-refractivity contribution in [1.29, 1.82) is 0 Å². The van der Waals surface area contributed by atoms with Crippen molar-refractivity contribution in [3.05, 3.63) is 46.1 Å². The number of hydrogen-bond acceptors (Lipinski definition) is 5. The van der Waals surface area contributed by atoms with Gasteiger partial charge in [-0.05, 0) is 24.5 Å². The third kappa shape index (κ3) is 5.05. The van der Waals surface area contributed by atoms with Gasteiger partial charge in [-0.3, -0.25) is 9.80 Å². The number of rotatable bonds is 5. The monoisotopic (exact) mass is 446 g/mol. The number of methoxy groups -OCH3 is 1. The lowest BCUT2D eigenvalue weighted by atomic mass is 9.93. The SMILES string of the molecule is COC(=O)C1=C(CN2CCN(C3CCCCC3)CC2)NC(=O)N[C@@H]1c1ccccc1Cl. The van der Waals surface area contributed by atoms with E-state index in [4.69, 9.17) is 16.3 Å². The van der Waals surface area contributed by atoms with Crippen molar-refractivity contribution in [2.45, 2.75) is 44.2 Å². The van der Waals surface area contributed by atoms with E-state index >= 15 is 0 Å². The number of halogens is 1. The normalized spacial score (nSPS) is 23.9. The van der Waals surface area contributed by atoms with E-state index in [1.807, 2.05) is 18.2 Å². The summed E-state index contributed by atoms with van der Waals surface area (Å²) in [7, 11) is 1.36. The van der Waals surface area contributed by atoms with Gasteiger partial charge in [-0.15, -0.1) is 0 Å². The molecule has 1 saturated heterocycles. The Bertz CT molecular complexity index is 845. The Balaban J connectivity index is 1.52. The molecule has 2 heterocycles. The van der Waals surface area contributed by atoms with Crippen molar-refractivity contribution < 1.29 is 14.3 Å². The lowest BCUT2D eigenvalue weighted by Crippen LogP contribution is -2.53. The van der Waals surface area contributed by atoms with Crippen molar-refractivity contribution in [2.24, 2.45) is 0 Å². The van der Waals surface area contributed by atoms with Gasteiger partial charge in [0.05, 0.1) is 18.7 Å². The van der Waals surface area contributed by atoms with E-state index in [-0.39, 0.29) is 6.03 Å². The first-order chi connectivity index (χ1) is 15.1. The molecule has 1 atom stereocenters. The van der Waals surface area contributed by atoms with Crippen molar-refractivity contribution >= 4 is 23.6 Å². The highest BCUT2D eigenvalue weighted by atomic mass is 35.5. The molecule has 31 heavy (non-hydrogen) atoms. The summed E-state index contributed by atoms with van der Waals surface area (Å²) in [5.74, 6) is -0.465. The maximum absolute atomic E-state index is 12.7. The fraction of sp³-hybridized carbons (Fsp3) is 0.565. The quantitative estimate of drug-likeness (QED) is 0.680. The first-order valence-corrected chi connectivity index (χ1v) is 11.5. The highest BCUT2D eigenvalue weighted by molar-refractivity contribution is 6.31. The third-order valence-corrected chi connectivity index (χ3v) is 7.00. The van der Waals surface area contributed by atoms with Gasteiger partial charge < -0.3 is 15.4 Å². The molecule has 7 nitrogen and oxygen atoms in total. The largest absolute Gasteiger partial charge is 0.466 e. The number of carbonyl (C=O) groups excluding carboxylic acids is 2. The number of hydrogen-bond donors (Lipinski definition) is 2. The smallest absolute Gasteiger partial charge is 0.338 e. The standard InChI is InChI=1S/C23H31ClN4O3/c1-31-22(29)20-19(25-23(30)26-21(20)17-9-5-6-10-18(17)24)15-27-11-13-28(14-12-27)16-7-3-2-4-8-16/h5-6,9-10,16,21H,2-4,7-8,11-15H2,1H3,(H2,25,26,30)/t21-/m1/s1. The van der Waals surface area contributed by atoms with Crippen LogP contribution in [0.3, 0.4) is 0 Å². The van der Waals surface area contributed by atoms with Gasteiger partial charge in [-0.25, -0.2) is 9.59 Å². The minimum atomic E-state index is -0.645. The molecule has 2 aliphatic heterocycles. The molecule has 0 radical (unpaired) electrons.